The van der Waals surface area contributed by atoms with Crippen LogP contribution in [0.4, 0.5) is 5.69 Å². The van der Waals surface area contributed by atoms with Gasteiger partial charge >= 0.3 is 0 Å². The first-order valence-electron chi connectivity index (χ1n) is 14.1. The van der Waals surface area contributed by atoms with Crippen molar-refractivity contribution in [2.24, 2.45) is 5.73 Å². The molecule has 0 saturated carbocycles. The van der Waals surface area contributed by atoms with Gasteiger partial charge in [0.25, 0.3) is 0 Å². The molecule has 1 unspecified atom stereocenters. The van der Waals surface area contributed by atoms with Crippen LogP contribution in [0.15, 0.2) is 59.5 Å². The molecule has 232 valence electrons. The number of hydrogen-bond donors (Lipinski definition) is 1. The molecular weight excluding hydrogens is 570 g/mol. The molecule has 0 radical (unpaired) electrons. The highest BCUT2D eigenvalue weighted by atomic mass is 32.2. The topological polar surface area (TPSA) is 105 Å². The zero-order valence-electron chi connectivity index (χ0n) is 25.5. The monoisotopic (exact) mass is 611 g/mol. The summed E-state index contributed by atoms with van der Waals surface area (Å²) < 4.78 is 34.0. The normalized spacial score (nSPS) is 14.3. The molecule has 10 nitrogen and oxygen atoms in total. The lowest BCUT2D eigenvalue weighted by Gasteiger charge is -2.32. The van der Waals surface area contributed by atoms with Gasteiger partial charge in [-0.05, 0) is 36.8 Å². The first-order chi connectivity index (χ1) is 20.9. The molecule has 1 aliphatic heterocycles. The molecule has 3 aromatic rings. The van der Waals surface area contributed by atoms with Crippen LogP contribution in [0.1, 0.15) is 17.2 Å². The Bertz CT molecular complexity index is 1350. The summed E-state index contributed by atoms with van der Waals surface area (Å²) in [7, 11) is 8.14. The number of fused-ring (bicyclic) bond motifs is 1. The van der Waals surface area contributed by atoms with Gasteiger partial charge in [0.05, 0.1) is 40.7 Å². The highest BCUT2D eigenvalue weighted by Crippen LogP contribution is 2.48. The van der Waals surface area contributed by atoms with Crippen molar-refractivity contribution in [2.45, 2.75) is 16.6 Å². The third-order valence-electron chi connectivity index (χ3n) is 7.16. The fourth-order valence-electron chi connectivity index (χ4n) is 4.91. The van der Waals surface area contributed by atoms with Crippen LogP contribution in [0.25, 0.3) is 0 Å². The third kappa shape index (κ3) is 7.78. The number of methoxy groups -OCH3 is 4. The summed E-state index contributed by atoms with van der Waals surface area (Å²) in [5, 5.41) is -0.439. The highest BCUT2D eigenvalue weighted by molar-refractivity contribution is 8.00. The molecule has 0 aliphatic carbocycles. The number of nitrogens with zero attached hydrogens (tertiary/aromatic N) is 2. The Hall–Kier alpha value is -3.80. The van der Waals surface area contributed by atoms with Crippen molar-refractivity contribution in [1.29, 1.82) is 0 Å². The van der Waals surface area contributed by atoms with Crippen LogP contribution in [0.3, 0.4) is 0 Å². The number of thioether (sulfide) groups is 1. The Balaban J connectivity index is 1.35. The number of carbonyl (C=O) groups is 1. The number of para-hydroxylation sites is 1. The first-order valence-corrected chi connectivity index (χ1v) is 15.0. The number of hydrogen-bond acceptors (Lipinski definition) is 10. The molecule has 0 saturated heterocycles. The quantitative estimate of drug-likeness (QED) is 0.230. The maximum atomic E-state index is 13.4. The molecule has 3 aromatic carbocycles. The van der Waals surface area contributed by atoms with Crippen LogP contribution in [0.2, 0.25) is 0 Å². The summed E-state index contributed by atoms with van der Waals surface area (Å²) in [5.74, 6) is 3.58. The van der Waals surface area contributed by atoms with Gasteiger partial charge in [0.15, 0.2) is 11.5 Å². The average Bonchev–Trinajstić information content (AvgIpc) is 3.04. The molecular formula is C32H41N3O7S. The van der Waals surface area contributed by atoms with Crippen molar-refractivity contribution in [3.05, 3.63) is 60.2 Å². The van der Waals surface area contributed by atoms with Gasteiger partial charge in [0.1, 0.15) is 29.1 Å². The molecule has 43 heavy (non-hydrogen) atoms. The van der Waals surface area contributed by atoms with Gasteiger partial charge < -0.3 is 39.1 Å². The second-order valence-corrected chi connectivity index (χ2v) is 11.0. The molecule has 0 spiro atoms. The number of carbonyl (C=O) groups excluding carboxylic acids is 1. The van der Waals surface area contributed by atoms with Gasteiger partial charge in [0, 0.05) is 55.8 Å². The highest BCUT2D eigenvalue weighted by Gasteiger charge is 2.34. The van der Waals surface area contributed by atoms with E-state index in [4.69, 9.17) is 34.2 Å². The maximum absolute atomic E-state index is 13.4. The van der Waals surface area contributed by atoms with Gasteiger partial charge in [-0.25, -0.2) is 0 Å². The zero-order valence-corrected chi connectivity index (χ0v) is 26.3. The summed E-state index contributed by atoms with van der Waals surface area (Å²) >= 11 is 1.53. The standard InChI is InChI=1S/C32H41N3O7S/c1-34-25-9-6-7-10-29(25)43-31(32(34)36)24-19-22(37-2)11-12-26(24)42-17-8-14-35(15-13-33)16-18-41-23-20-27(38-3)30(40-5)28(21-23)39-4/h6-7,9-12,19-21,31H,8,13-18,33H2,1-5H3. The number of nitrogens with two attached hydrogens (primary N) is 1. The van der Waals surface area contributed by atoms with Crippen LogP contribution in [0, 0.1) is 0 Å². The lowest BCUT2D eigenvalue weighted by atomic mass is 10.1. The molecule has 1 heterocycles. The minimum absolute atomic E-state index is 0.00280. The molecule has 2 N–H and O–H groups in total. The molecule has 1 aliphatic rings. The minimum Gasteiger partial charge on any atom is -0.497 e. The fourth-order valence-corrected chi connectivity index (χ4v) is 6.22. The molecule has 1 atom stereocenters. The lowest BCUT2D eigenvalue weighted by molar-refractivity contribution is -0.118. The molecule has 1 amide bonds. The van der Waals surface area contributed by atoms with Gasteiger partial charge in [0.2, 0.25) is 11.7 Å². The van der Waals surface area contributed by atoms with Crippen molar-refractivity contribution in [2.75, 3.05) is 79.8 Å². The van der Waals surface area contributed by atoms with Crippen LogP contribution in [-0.2, 0) is 4.79 Å². The molecule has 11 heteroatoms. The molecule has 0 aromatic heterocycles. The van der Waals surface area contributed by atoms with Crippen LogP contribution in [0.5, 0.6) is 34.5 Å². The Morgan fingerprint density at radius 2 is 1.56 bits per heavy atom. The van der Waals surface area contributed by atoms with Crippen molar-refractivity contribution < 1.29 is 33.2 Å². The van der Waals surface area contributed by atoms with Crippen LogP contribution < -0.4 is 39.1 Å². The number of anilines is 1. The first kappa shape index (κ1) is 32.1. The number of rotatable bonds is 16. The number of benzene rings is 3. The Morgan fingerprint density at radius 3 is 2.23 bits per heavy atom. The van der Waals surface area contributed by atoms with Gasteiger partial charge in [-0.15, -0.1) is 11.8 Å². The van der Waals surface area contributed by atoms with Gasteiger partial charge in [-0.1, -0.05) is 12.1 Å². The fraction of sp³-hybridized carbons (Fsp3) is 0.406. The molecule has 0 fully saturated rings. The second-order valence-electron chi connectivity index (χ2n) is 9.81. The molecule has 0 bridgehead atoms. The van der Waals surface area contributed by atoms with Crippen LogP contribution in [-0.4, -0.2) is 85.7 Å². The minimum atomic E-state index is -0.439. The van der Waals surface area contributed by atoms with E-state index < -0.39 is 5.25 Å². The van der Waals surface area contributed by atoms with E-state index in [-0.39, 0.29) is 5.91 Å². The molecule has 4 rings (SSSR count). The number of ether oxygens (including phenoxy) is 6. The number of likely N-dealkylation sites (N-methyl/N-ethyl adjacent to an activating group) is 1. The lowest BCUT2D eigenvalue weighted by Crippen LogP contribution is -2.34. The Morgan fingerprint density at radius 1 is 0.814 bits per heavy atom. The van der Waals surface area contributed by atoms with Crippen LogP contribution >= 0.6 is 11.8 Å². The number of amides is 1. The summed E-state index contributed by atoms with van der Waals surface area (Å²) in [5.41, 5.74) is 7.60. The summed E-state index contributed by atoms with van der Waals surface area (Å²) in [6.07, 6.45) is 0.768. The van der Waals surface area contributed by atoms with Crippen molar-refractivity contribution in [1.82, 2.24) is 4.90 Å². The predicted molar refractivity (Wildman–Crippen MR) is 169 cm³/mol. The van der Waals surface area contributed by atoms with E-state index in [0.29, 0.717) is 60.8 Å². The Labute approximate surface area is 257 Å². The summed E-state index contributed by atoms with van der Waals surface area (Å²) in [4.78, 5) is 18.4. The SMILES string of the molecule is COc1ccc(OCCCN(CCN)CCOc2cc(OC)c(OC)c(OC)c2)c(C2Sc3ccccc3N(C)C2=O)c1. The van der Waals surface area contributed by atoms with Gasteiger partial charge in [-0.2, -0.15) is 0 Å². The summed E-state index contributed by atoms with van der Waals surface area (Å²) in [6, 6.07) is 17.1. The Kier molecular flexibility index (Phi) is 11.7. The van der Waals surface area contributed by atoms with E-state index in [1.165, 1.54) is 11.8 Å². The van der Waals surface area contributed by atoms with E-state index in [1.807, 2.05) is 49.5 Å². The third-order valence-corrected chi connectivity index (χ3v) is 8.45. The van der Waals surface area contributed by atoms with Crippen molar-refractivity contribution in [3.8, 4) is 34.5 Å². The predicted octanol–water partition coefficient (Wildman–Crippen LogP) is 4.64. The van der Waals surface area contributed by atoms with E-state index in [2.05, 4.69) is 4.90 Å². The van der Waals surface area contributed by atoms with E-state index in [0.717, 1.165) is 35.7 Å². The summed E-state index contributed by atoms with van der Waals surface area (Å²) in [6.45, 7) is 3.65. The van der Waals surface area contributed by atoms with E-state index >= 15 is 0 Å². The van der Waals surface area contributed by atoms with Crippen molar-refractivity contribution >= 4 is 23.4 Å². The van der Waals surface area contributed by atoms with E-state index in [9.17, 15) is 4.79 Å². The van der Waals surface area contributed by atoms with Gasteiger partial charge in [-0.3, -0.25) is 9.69 Å². The largest absolute Gasteiger partial charge is 0.497 e. The smallest absolute Gasteiger partial charge is 0.244 e. The van der Waals surface area contributed by atoms with E-state index in [1.54, 1.807) is 45.5 Å². The second kappa shape index (κ2) is 15.6. The maximum Gasteiger partial charge on any atom is 0.244 e. The zero-order chi connectivity index (χ0) is 30.8. The van der Waals surface area contributed by atoms with Crippen molar-refractivity contribution in [3.63, 3.8) is 0 Å². The average molecular weight is 612 g/mol.